The lowest BCUT2D eigenvalue weighted by Gasteiger charge is -2.11. The maximum Gasteiger partial charge on any atom is 0.263 e. The molecule has 0 aliphatic heterocycles. The lowest BCUT2D eigenvalue weighted by molar-refractivity contribution is 0.354. The van der Waals surface area contributed by atoms with Crippen molar-refractivity contribution < 1.29 is 22.3 Å². The fourth-order valence-electron chi connectivity index (χ4n) is 2.56. The van der Waals surface area contributed by atoms with Crippen LogP contribution in [-0.4, -0.2) is 32.4 Å². The van der Waals surface area contributed by atoms with E-state index >= 15 is 0 Å². The van der Waals surface area contributed by atoms with E-state index in [1.54, 1.807) is 6.07 Å². The molecule has 0 radical (unpaired) electrons. The molecule has 0 unspecified atom stereocenters. The Balaban J connectivity index is 1.87. The molecule has 0 fully saturated rings. The van der Waals surface area contributed by atoms with E-state index in [0.29, 0.717) is 10.2 Å². The molecule has 7 nitrogen and oxygen atoms in total. The van der Waals surface area contributed by atoms with Crippen LogP contribution < -0.4 is 14.2 Å². The predicted molar refractivity (Wildman–Crippen MR) is 111 cm³/mol. The van der Waals surface area contributed by atoms with Crippen LogP contribution in [0.15, 0.2) is 52.0 Å². The number of nitrogens with zero attached hydrogens (tertiary/aromatic N) is 2. The second-order valence-corrected chi connectivity index (χ2v) is 8.79. The standard InChI is InChI=1S/C18H16BrClFN3O4S/c1-27-16-7-6-11(8-17(16)28-2)29(25,26)23-18-13(19)10-24(22-18)9-12-14(20)4-3-5-15(12)21/h3-8,10H,9H2,1-2H3,(H,22,23). The van der Waals surface area contributed by atoms with Gasteiger partial charge < -0.3 is 9.47 Å². The lowest BCUT2D eigenvalue weighted by Crippen LogP contribution is -2.14. The average Bonchev–Trinajstić information content (AvgIpc) is 3.02. The molecule has 0 atom stereocenters. The Morgan fingerprint density at radius 1 is 1.21 bits per heavy atom. The molecule has 0 bridgehead atoms. The molecular weight excluding hydrogens is 489 g/mol. The van der Waals surface area contributed by atoms with Crippen molar-refractivity contribution >= 4 is 43.4 Å². The first-order chi connectivity index (χ1) is 13.7. The van der Waals surface area contributed by atoms with E-state index in [-0.39, 0.29) is 33.6 Å². The van der Waals surface area contributed by atoms with Gasteiger partial charge in [0.15, 0.2) is 17.3 Å². The third-order valence-electron chi connectivity index (χ3n) is 4.00. The molecule has 154 valence electrons. The number of hydrogen-bond acceptors (Lipinski definition) is 5. The van der Waals surface area contributed by atoms with Crippen LogP contribution >= 0.6 is 27.5 Å². The molecule has 0 aliphatic carbocycles. The molecule has 0 saturated carbocycles. The van der Waals surface area contributed by atoms with Crippen LogP contribution in [0.25, 0.3) is 0 Å². The summed E-state index contributed by atoms with van der Waals surface area (Å²) in [5, 5.41) is 4.43. The van der Waals surface area contributed by atoms with Gasteiger partial charge in [0.25, 0.3) is 10.0 Å². The third-order valence-corrected chi connectivity index (χ3v) is 6.27. The Hall–Kier alpha value is -2.30. The van der Waals surface area contributed by atoms with Gasteiger partial charge in [-0.25, -0.2) is 12.8 Å². The summed E-state index contributed by atoms with van der Waals surface area (Å²) in [6.45, 7) is 0.0300. The zero-order chi connectivity index (χ0) is 21.2. The summed E-state index contributed by atoms with van der Waals surface area (Å²) in [6.07, 6.45) is 1.52. The number of benzene rings is 2. The zero-order valence-corrected chi connectivity index (χ0v) is 18.5. The number of anilines is 1. The van der Waals surface area contributed by atoms with Crippen molar-refractivity contribution in [2.45, 2.75) is 11.4 Å². The minimum Gasteiger partial charge on any atom is -0.493 e. The summed E-state index contributed by atoms with van der Waals surface area (Å²) in [4.78, 5) is -0.0336. The van der Waals surface area contributed by atoms with Crippen LogP contribution in [0.5, 0.6) is 11.5 Å². The summed E-state index contributed by atoms with van der Waals surface area (Å²) in [6, 6.07) is 8.57. The largest absolute Gasteiger partial charge is 0.493 e. The van der Waals surface area contributed by atoms with Crippen molar-refractivity contribution in [1.82, 2.24) is 9.78 Å². The Bertz CT molecular complexity index is 1130. The smallest absolute Gasteiger partial charge is 0.263 e. The molecule has 0 aliphatic rings. The molecule has 1 heterocycles. The second kappa shape index (κ2) is 8.60. The lowest BCUT2D eigenvalue weighted by atomic mass is 10.2. The van der Waals surface area contributed by atoms with Gasteiger partial charge in [-0.2, -0.15) is 5.10 Å². The first-order valence-electron chi connectivity index (χ1n) is 8.16. The molecular formula is C18H16BrClFN3O4S. The highest BCUT2D eigenvalue weighted by molar-refractivity contribution is 9.10. The fraction of sp³-hybridized carbons (Fsp3) is 0.167. The number of rotatable bonds is 7. The first kappa shape index (κ1) is 21.4. The van der Waals surface area contributed by atoms with Crippen LogP contribution in [-0.2, 0) is 16.6 Å². The summed E-state index contributed by atoms with van der Waals surface area (Å²) >= 11 is 9.30. The normalized spacial score (nSPS) is 11.3. The molecule has 1 N–H and O–H groups in total. The van der Waals surface area contributed by atoms with E-state index in [1.165, 1.54) is 55.4 Å². The Morgan fingerprint density at radius 3 is 2.59 bits per heavy atom. The van der Waals surface area contributed by atoms with Crippen LogP contribution in [0.3, 0.4) is 0 Å². The van der Waals surface area contributed by atoms with Gasteiger partial charge in [0, 0.05) is 22.8 Å². The van der Waals surface area contributed by atoms with Crippen LogP contribution in [0.2, 0.25) is 5.02 Å². The van der Waals surface area contributed by atoms with Gasteiger partial charge in [0.1, 0.15) is 5.82 Å². The topological polar surface area (TPSA) is 82.5 Å². The van der Waals surface area contributed by atoms with Gasteiger partial charge in [0.2, 0.25) is 0 Å². The predicted octanol–water partition coefficient (Wildman–Crippen LogP) is 4.30. The number of nitrogens with one attached hydrogen (secondary N) is 1. The van der Waals surface area contributed by atoms with E-state index in [0.717, 1.165) is 0 Å². The minimum atomic E-state index is -3.96. The summed E-state index contributed by atoms with van der Waals surface area (Å²) in [5.41, 5.74) is 0.249. The minimum absolute atomic E-state index is 0.0300. The molecule has 2 aromatic carbocycles. The highest BCUT2D eigenvalue weighted by Crippen LogP contribution is 2.31. The number of ether oxygens (including phenoxy) is 2. The van der Waals surface area contributed by atoms with Crippen molar-refractivity contribution in [2.24, 2.45) is 0 Å². The Kier molecular flexibility index (Phi) is 6.35. The van der Waals surface area contributed by atoms with Crippen LogP contribution in [0, 0.1) is 5.82 Å². The number of hydrogen-bond donors (Lipinski definition) is 1. The van der Waals surface area contributed by atoms with Crippen molar-refractivity contribution in [3.8, 4) is 11.5 Å². The van der Waals surface area contributed by atoms with Gasteiger partial charge in [-0.15, -0.1) is 0 Å². The molecule has 3 rings (SSSR count). The Morgan fingerprint density at radius 2 is 1.93 bits per heavy atom. The molecule has 0 spiro atoms. The maximum absolute atomic E-state index is 14.0. The number of aromatic nitrogens is 2. The van der Waals surface area contributed by atoms with Crippen molar-refractivity contribution in [2.75, 3.05) is 18.9 Å². The highest BCUT2D eigenvalue weighted by atomic mass is 79.9. The van der Waals surface area contributed by atoms with E-state index < -0.39 is 15.8 Å². The van der Waals surface area contributed by atoms with Gasteiger partial charge in [-0.3, -0.25) is 9.40 Å². The quantitative estimate of drug-likeness (QED) is 0.519. The maximum atomic E-state index is 14.0. The van der Waals surface area contributed by atoms with E-state index in [4.69, 9.17) is 21.1 Å². The first-order valence-corrected chi connectivity index (χ1v) is 10.8. The van der Waals surface area contributed by atoms with Gasteiger partial charge in [-0.1, -0.05) is 17.7 Å². The number of sulfonamides is 1. The molecule has 0 amide bonds. The average molecular weight is 505 g/mol. The van der Waals surface area contributed by atoms with Crippen molar-refractivity contribution in [3.05, 3.63) is 63.5 Å². The van der Waals surface area contributed by atoms with Gasteiger partial charge in [0.05, 0.1) is 30.1 Å². The number of halogens is 3. The highest BCUT2D eigenvalue weighted by Gasteiger charge is 2.20. The molecule has 11 heteroatoms. The molecule has 29 heavy (non-hydrogen) atoms. The van der Waals surface area contributed by atoms with Gasteiger partial charge in [-0.05, 0) is 40.2 Å². The number of methoxy groups -OCH3 is 2. The molecule has 3 aromatic rings. The fourth-order valence-corrected chi connectivity index (χ4v) is 4.36. The van der Waals surface area contributed by atoms with Crippen LogP contribution in [0.1, 0.15) is 5.56 Å². The molecule has 0 saturated heterocycles. The zero-order valence-electron chi connectivity index (χ0n) is 15.3. The SMILES string of the molecule is COc1ccc(S(=O)(=O)Nc2nn(Cc3c(F)cccc3Cl)cc2Br)cc1OC. The summed E-state index contributed by atoms with van der Waals surface area (Å²) in [7, 11) is -1.10. The summed E-state index contributed by atoms with van der Waals surface area (Å²) < 4.78 is 53.9. The molecule has 1 aromatic heterocycles. The van der Waals surface area contributed by atoms with Gasteiger partial charge >= 0.3 is 0 Å². The van der Waals surface area contributed by atoms with Crippen molar-refractivity contribution in [1.29, 1.82) is 0 Å². The van der Waals surface area contributed by atoms with E-state index in [9.17, 15) is 12.8 Å². The van der Waals surface area contributed by atoms with E-state index in [2.05, 4.69) is 25.8 Å². The Labute approximate surface area is 180 Å². The second-order valence-electron chi connectivity index (χ2n) is 5.85. The van der Waals surface area contributed by atoms with Crippen LogP contribution in [0.4, 0.5) is 10.2 Å². The third kappa shape index (κ3) is 4.65. The monoisotopic (exact) mass is 503 g/mol. The summed E-state index contributed by atoms with van der Waals surface area (Å²) in [5.74, 6) is 0.247. The van der Waals surface area contributed by atoms with E-state index in [1.807, 2.05) is 0 Å². The van der Waals surface area contributed by atoms with Crippen molar-refractivity contribution in [3.63, 3.8) is 0 Å².